The number of likely N-dealkylation sites (tertiary alicyclic amines) is 1. The molecular weight excluding hydrogens is 252 g/mol. The number of carboxylic acids is 1. The lowest BCUT2D eigenvalue weighted by Gasteiger charge is -2.35. The number of hydrogen-bond donors (Lipinski definition) is 1. The molecule has 2 aliphatic heterocycles. The molecule has 0 spiro atoms. The van der Waals surface area contributed by atoms with Gasteiger partial charge in [0, 0.05) is 18.8 Å². The van der Waals surface area contributed by atoms with Crippen molar-refractivity contribution in [3.63, 3.8) is 0 Å². The van der Waals surface area contributed by atoms with E-state index in [0.717, 1.165) is 25.9 Å². The van der Waals surface area contributed by atoms with Crippen LogP contribution in [0.3, 0.4) is 0 Å². The second-order valence-electron chi connectivity index (χ2n) is 4.97. The minimum absolute atomic E-state index is 0.0921. The molecule has 2 saturated heterocycles. The zero-order chi connectivity index (χ0) is 13.1. The number of carbonyl (C=O) groups is 2. The minimum Gasteiger partial charge on any atom is -0.480 e. The standard InChI is InChI=1S/C12H20N2O3S/c1-2-9-4-3-5-13(6-9)12(17)14-8-18-7-10(14)11(15)16/h9-10H,2-8H2,1H3,(H,15,16). The Morgan fingerprint density at radius 1 is 1.44 bits per heavy atom. The van der Waals surface area contributed by atoms with E-state index in [4.69, 9.17) is 5.11 Å². The average Bonchev–Trinajstić information content (AvgIpc) is 2.87. The topological polar surface area (TPSA) is 60.9 Å². The molecule has 2 rings (SSSR count). The number of hydrogen-bond acceptors (Lipinski definition) is 3. The smallest absolute Gasteiger partial charge is 0.327 e. The lowest BCUT2D eigenvalue weighted by Crippen LogP contribution is -2.51. The summed E-state index contributed by atoms with van der Waals surface area (Å²) in [4.78, 5) is 26.8. The fraction of sp³-hybridized carbons (Fsp3) is 0.833. The van der Waals surface area contributed by atoms with Crippen LogP contribution in [0, 0.1) is 5.92 Å². The summed E-state index contributed by atoms with van der Waals surface area (Å²) in [6, 6.07) is -0.741. The number of nitrogens with zero attached hydrogens (tertiary/aromatic N) is 2. The number of urea groups is 1. The van der Waals surface area contributed by atoms with Crippen molar-refractivity contribution in [2.45, 2.75) is 32.2 Å². The third kappa shape index (κ3) is 2.74. The Balaban J connectivity index is 1.99. The molecule has 2 fully saturated rings. The summed E-state index contributed by atoms with van der Waals surface area (Å²) in [5, 5.41) is 9.10. The highest BCUT2D eigenvalue weighted by Crippen LogP contribution is 2.25. The summed E-state index contributed by atoms with van der Waals surface area (Å²) < 4.78 is 0. The Hall–Kier alpha value is -0.910. The first-order chi connectivity index (χ1) is 8.63. The van der Waals surface area contributed by atoms with Gasteiger partial charge in [0.15, 0.2) is 0 Å². The second kappa shape index (κ2) is 5.82. The summed E-state index contributed by atoms with van der Waals surface area (Å²) in [7, 11) is 0. The maximum Gasteiger partial charge on any atom is 0.327 e. The highest BCUT2D eigenvalue weighted by Gasteiger charge is 2.37. The van der Waals surface area contributed by atoms with Crippen molar-refractivity contribution >= 4 is 23.8 Å². The molecule has 2 amide bonds. The monoisotopic (exact) mass is 272 g/mol. The van der Waals surface area contributed by atoms with Gasteiger partial charge in [0.25, 0.3) is 0 Å². The molecule has 0 aromatic carbocycles. The molecule has 0 saturated carbocycles. The molecule has 6 heteroatoms. The zero-order valence-electron chi connectivity index (χ0n) is 10.7. The normalized spacial score (nSPS) is 28.5. The predicted molar refractivity (Wildman–Crippen MR) is 70.6 cm³/mol. The molecule has 0 radical (unpaired) electrons. The van der Waals surface area contributed by atoms with E-state index in [1.54, 1.807) is 0 Å². The van der Waals surface area contributed by atoms with Gasteiger partial charge in [0.05, 0.1) is 5.88 Å². The number of aliphatic carboxylic acids is 1. The van der Waals surface area contributed by atoms with Crippen LogP contribution in [0.4, 0.5) is 4.79 Å². The molecule has 2 heterocycles. The minimum atomic E-state index is -0.891. The third-order valence-corrected chi connectivity index (χ3v) is 4.79. The Labute approximate surface area is 112 Å². The van der Waals surface area contributed by atoms with E-state index in [0.29, 0.717) is 17.5 Å². The van der Waals surface area contributed by atoms with E-state index in [2.05, 4.69) is 6.92 Å². The van der Waals surface area contributed by atoms with Crippen molar-refractivity contribution < 1.29 is 14.7 Å². The van der Waals surface area contributed by atoms with Crippen LogP contribution in [0.15, 0.2) is 0 Å². The van der Waals surface area contributed by atoms with Crippen LogP contribution in [-0.4, -0.2) is 57.7 Å². The van der Waals surface area contributed by atoms with Gasteiger partial charge in [0.2, 0.25) is 0 Å². The van der Waals surface area contributed by atoms with Gasteiger partial charge in [-0.15, -0.1) is 11.8 Å². The first kappa shape index (κ1) is 13.5. The van der Waals surface area contributed by atoms with Crippen LogP contribution in [0.25, 0.3) is 0 Å². The van der Waals surface area contributed by atoms with Gasteiger partial charge in [-0.2, -0.15) is 0 Å². The highest BCUT2D eigenvalue weighted by atomic mass is 32.2. The fourth-order valence-corrected chi connectivity index (χ4v) is 3.73. The van der Waals surface area contributed by atoms with E-state index in [-0.39, 0.29) is 6.03 Å². The number of piperidine rings is 1. The van der Waals surface area contributed by atoms with E-state index < -0.39 is 12.0 Å². The Bertz CT molecular complexity index is 337. The Morgan fingerprint density at radius 3 is 2.89 bits per heavy atom. The van der Waals surface area contributed by atoms with Crippen molar-refractivity contribution in [1.29, 1.82) is 0 Å². The summed E-state index contributed by atoms with van der Waals surface area (Å²) >= 11 is 1.52. The Kier molecular flexibility index (Phi) is 4.37. The largest absolute Gasteiger partial charge is 0.480 e. The molecule has 0 aromatic rings. The van der Waals surface area contributed by atoms with Gasteiger partial charge >= 0.3 is 12.0 Å². The lowest BCUT2D eigenvalue weighted by molar-refractivity contribution is -0.141. The molecule has 2 atom stereocenters. The zero-order valence-corrected chi connectivity index (χ0v) is 11.5. The SMILES string of the molecule is CCC1CCCN(C(=O)N2CSCC2C(=O)O)C1. The van der Waals surface area contributed by atoms with Crippen molar-refractivity contribution in [1.82, 2.24) is 9.80 Å². The van der Waals surface area contributed by atoms with Gasteiger partial charge in [-0.3, -0.25) is 0 Å². The van der Waals surface area contributed by atoms with Crippen molar-refractivity contribution in [3.05, 3.63) is 0 Å². The highest BCUT2D eigenvalue weighted by molar-refractivity contribution is 7.99. The maximum atomic E-state index is 12.4. The molecular formula is C12H20N2O3S. The van der Waals surface area contributed by atoms with Gasteiger partial charge < -0.3 is 14.9 Å². The summed E-state index contributed by atoms with van der Waals surface area (Å²) in [5.41, 5.74) is 0. The van der Waals surface area contributed by atoms with E-state index in [9.17, 15) is 9.59 Å². The molecule has 2 aliphatic rings. The number of carbonyl (C=O) groups excluding carboxylic acids is 1. The fourth-order valence-electron chi connectivity index (χ4n) is 2.59. The first-order valence-corrected chi connectivity index (χ1v) is 7.65. The van der Waals surface area contributed by atoms with Crippen molar-refractivity contribution in [2.75, 3.05) is 24.7 Å². The van der Waals surface area contributed by atoms with Crippen LogP contribution in [0.1, 0.15) is 26.2 Å². The second-order valence-corrected chi connectivity index (χ2v) is 5.97. The molecule has 102 valence electrons. The van der Waals surface area contributed by atoms with Gasteiger partial charge in [-0.1, -0.05) is 13.3 Å². The average molecular weight is 272 g/mol. The van der Waals surface area contributed by atoms with Crippen LogP contribution in [-0.2, 0) is 4.79 Å². The number of rotatable bonds is 2. The van der Waals surface area contributed by atoms with E-state index >= 15 is 0 Å². The van der Waals surface area contributed by atoms with Crippen LogP contribution >= 0.6 is 11.8 Å². The van der Waals surface area contributed by atoms with Gasteiger partial charge in [0.1, 0.15) is 6.04 Å². The quantitative estimate of drug-likeness (QED) is 0.831. The summed E-state index contributed by atoms with van der Waals surface area (Å²) in [6.07, 6.45) is 3.29. The van der Waals surface area contributed by atoms with E-state index in [1.807, 2.05) is 4.90 Å². The predicted octanol–water partition coefficient (Wildman–Crippen LogP) is 1.69. The van der Waals surface area contributed by atoms with Gasteiger partial charge in [-0.25, -0.2) is 9.59 Å². The first-order valence-electron chi connectivity index (χ1n) is 6.49. The Morgan fingerprint density at radius 2 is 2.22 bits per heavy atom. The molecule has 2 unspecified atom stereocenters. The van der Waals surface area contributed by atoms with Crippen LogP contribution < -0.4 is 0 Å². The molecule has 0 bridgehead atoms. The molecule has 5 nitrogen and oxygen atoms in total. The van der Waals surface area contributed by atoms with Crippen molar-refractivity contribution in [2.24, 2.45) is 5.92 Å². The van der Waals surface area contributed by atoms with Crippen LogP contribution in [0.5, 0.6) is 0 Å². The van der Waals surface area contributed by atoms with Crippen LogP contribution in [0.2, 0.25) is 0 Å². The number of carboxylic acid groups (broad SMARTS) is 1. The summed E-state index contributed by atoms with van der Waals surface area (Å²) in [5.74, 6) is 0.688. The lowest BCUT2D eigenvalue weighted by atomic mass is 9.96. The molecule has 0 aromatic heterocycles. The molecule has 18 heavy (non-hydrogen) atoms. The van der Waals surface area contributed by atoms with E-state index in [1.165, 1.54) is 23.1 Å². The van der Waals surface area contributed by atoms with Crippen molar-refractivity contribution in [3.8, 4) is 0 Å². The molecule has 1 N–H and O–H groups in total. The number of thioether (sulfide) groups is 1. The number of amides is 2. The van der Waals surface area contributed by atoms with Gasteiger partial charge in [-0.05, 0) is 18.8 Å². The molecule has 0 aliphatic carbocycles. The third-order valence-electron chi connectivity index (χ3n) is 3.78. The summed E-state index contributed by atoms with van der Waals surface area (Å²) in [6.45, 7) is 3.69. The maximum absolute atomic E-state index is 12.4.